The van der Waals surface area contributed by atoms with Gasteiger partial charge in [0.25, 0.3) is 0 Å². The molecule has 0 aromatic heterocycles. The second-order valence-corrected chi connectivity index (χ2v) is 8.24. The van der Waals surface area contributed by atoms with Crippen LogP contribution in [0.15, 0.2) is 48.3 Å². The van der Waals surface area contributed by atoms with Gasteiger partial charge in [0.05, 0.1) is 31.8 Å². The number of rotatable bonds is 17. The molecule has 1 aromatic carbocycles. The lowest BCUT2D eigenvalue weighted by Gasteiger charge is -2.26. The molecule has 0 spiro atoms. The fourth-order valence-electron chi connectivity index (χ4n) is 3.52. The Hall–Kier alpha value is -2.27. The van der Waals surface area contributed by atoms with Crippen molar-refractivity contribution in [2.24, 2.45) is 5.41 Å². The summed E-state index contributed by atoms with van der Waals surface area (Å²) in [5, 5.41) is 36.8. The van der Waals surface area contributed by atoms with Crippen molar-refractivity contribution in [3.8, 4) is 5.75 Å². The lowest BCUT2D eigenvalue weighted by molar-refractivity contribution is -0.115. The Morgan fingerprint density at radius 3 is 2.29 bits per heavy atom. The normalized spacial score (nSPS) is 18.6. The van der Waals surface area contributed by atoms with Crippen LogP contribution in [0.3, 0.4) is 0 Å². The van der Waals surface area contributed by atoms with Gasteiger partial charge in [-0.05, 0) is 49.8 Å². The fraction of sp³-hybridized carbons (Fsp3) is 0.560. The van der Waals surface area contributed by atoms with Crippen LogP contribution in [0.5, 0.6) is 5.75 Å². The maximum Gasteiger partial charge on any atom is 0.172 e. The zero-order valence-electron chi connectivity index (χ0n) is 19.8. The van der Waals surface area contributed by atoms with Gasteiger partial charge in [0, 0.05) is 31.6 Å². The van der Waals surface area contributed by atoms with Gasteiger partial charge in [-0.1, -0.05) is 6.08 Å². The summed E-state index contributed by atoms with van der Waals surface area (Å²) in [4.78, 5) is 14.8. The molecule has 2 rings (SSSR count). The first-order chi connectivity index (χ1) is 16.4. The van der Waals surface area contributed by atoms with E-state index in [1.165, 1.54) is 0 Å². The predicted octanol–water partition coefficient (Wildman–Crippen LogP) is 1.12. The van der Waals surface area contributed by atoms with E-state index in [9.17, 15) is 9.90 Å². The molecule has 190 valence electrons. The van der Waals surface area contributed by atoms with E-state index in [4.69, 9.17) is 29.5 Å². The number of Topliss-reactive ketones (excluding diaryl/α,β-unsaturated/α-hetero) is 1. The summed E-state index contributed by atoms with van der Waals surface area (Å²) in [6, 6.07) is 6.88. The van der Waals surface area contributed by atoms with Crippen LogP contribution in [0.1, 0.15) is 30.1 Å². The van der Waals surface area contributed by atoms with Crippen molar-refractivity contribution in [2.45, 2.75) is 26.1 Å². The van der Waals surface area contributed by atoms with Crippen LogP contribution in [0.25, 0.3) is 0 Å². The molecule has 0 radical (unpaired) electrons. The Labute approximate surface area is 200 Å². The molecular formula is C25H37NO8. The molecular weight excluding hydrogens is 442 g/mol. The van der Waals surface area contributed by atoms with Crippen molar-refractivity contribution < 1.29 is 39.4 Å². The summed E-state index contributed by atoms with van der Waals surface area (Å²) >= 11 is 0. The van der Waals surface area contributed by atoms with Crippen molar-refractivity contribution in [3.63, 3.8) is 0 Å². The standard InChI is InChI=1S/C25H37NO8/c1-25(24(31)20-2-4-21(5-3-20)32-17-16-29)9-6-22(7-10-25)33-18-19-34-23(30)8-11-26(12-14-27)13-15-28/h2-7,9,23,27-30H,8,10-19H2,1H3. The van der Waals surface area contributed by atoms with Gasteiger partial charge in [-0.25, -0.2) is 0 Å². The van der Waals surface area contributed by atoms with Crippen LogP contribution < -0.4 is 4.74 Å². The van der Waals surface area contributed by atoms with Gasteiger partial charge in [0.1, 0.15) is 24.7 Å². The van der Waals surface area contributed by atoms with E-state index in [2.05, 4.69) is 0 Å². The van der Waals surface area contributed by atoms with Crippen LogP contribution in [0.4, 0.5) is 0 Å². The van der Waals surface area contributed by atoms with E-state index in [1.54, 1.807) is 30.3 Å². The van der Waals surface area contributed by atoms with E-state index < -0.39 is 11.7 Å². The zero-order valence-corrected chi connectivity index (χ0v) is 19.8. The molecule has 1 aromatic rings. The number of benzene rings is 1. The summed E-state index contributed by atoms with van der Waals surface area (Å²) in [6.07, 6.45) is 5.38. The Morgan fingerprint density at radius 1 is 1.00 bits per heavy atom. The molecule has 4 N–H and O–H groups in total. The highest BCUT2D eigenvalue weighted by Crippen LogP contribution is 2.33. The van der Waals surface area contributed by atoms with Crippen LogP contribution in [-0.4, -0.2) is 96.7 Å². The van der Waals surface area contributed by atoms with Crippen molar-refractivity contribution in [3.05, 3.63) is 53.8 Å². The van der Waals surface area contributed by atoms with Crippen molar-refractivity contribution in [1.29, 1.82) is 0 Å². The monoisotopic (exact) mass is 479 g/mol. The van der Waals surface area contributed by atoms with Gasteiger partial charge in [0.15, 0.2) is 12.1 Å². The van der Waals surface area contributed by atoms with E-state index in [-0.39, 0.29) is 45.4 Å². The quantitative estimate of drug-likeness (QED) is 0.148. The summed E-state index contributed by atoms with van der Waals surface area (Å²) in [5.74, 6) is 1.24. The van der Waals surface area contributed by atoms with Crippen LogP contribution >= 0.6 is 0 Å². The first-order valence-electron chi connectivity index (χ1n) is 11.6. The van der Waals surface area contributed by atoms with E-state index >= 15 is 0 Å². The number of ether oxygens (including phenoxy) is 3. The lowest BCUT2D eigenvalue weighted by atomic mass is 9.77. The van der Waals surface area contributed by atoms with E-state index in [1.807, 2.05) is 24.0 Å². The maximum absolute atomic E-state index is 13.0. The third-order valence-electron chi connectivity index (χ3n) is 5.53. The minimum absolute atomic E-state index is 0.00402. The molecule has 0 fully saturated rings. The maximum atomic E-state index is 13.0. The van der Waals surface area contributed by atoms with Gasteiger partial charge in [-0.15, -0.1) is 0 Å². The predicted molar refractivity (Wildman–Crippen MR) is 126 cm³/mol. The largest absolute Gasteiger partial charge is 0.492 e. The summed E-state index contributed by atoms with van der Waals surface area (Å²) in [6.45, 7) is 3.83. The molecule has 0 saturated carbocycles. The number of hydrogen-bond donors (Lipinski definition) is 4. The molecule has 0 heterocycles. The summed E-state index contributed by atoms with van der Waals surface area (Å²) < 4.78 is 16.4. The van der Waals surface area contributed by atoms with E-state index in [0.717, 1.165) is 0 Å². The number of ketones is 1. The summed E-state index contributed by atoms with van der Waals surface area (Å²) in [5.41, 5.74) is -0.0950. The Morgan fingerprint density at radius 2 is 1.71 bits per heavy atom. The minimum Gasteiger partial charge on any atom is -0.492 e. The van der Waals surface area contributed by atoms with Crippen LogP contribution in [0, 0.1) is 5.41 Å². The number of carbonyl (C=O) groups is 1. The average Bonchev–Trinajstić information content (AvgIpc) is 2.85. The van der Waals surface area contributed by atoms with Gasteiger partial charge in [0.2, 0.25) is 0 Å². The first kappa shape index (κ1) is 28.0. The Bertz CT molecular complexity index is 789. The third-order valence-corrected chi connectivity index (χ3v) is 5.53. The molecule has 0 saturated heterocycles. The smallest absolute Gasteiger partial charge is 0.172 e. The SMILES string of the molecule is CC1(C(=O)c2ccc(OCCO)cc2)C=CC(OCCOC(O)CCN(CCO)CCO)=CC1. The number of allylic oxidation sites excluding steroid dienone is 3. The average molecular weight is 480 g/mol. The zero-order chi connectivity index (χ0) is 24.8. The van der Waals surface area contributed by atoms with Gasteiger partial charge in [-0.2, -0.15) is 0 Å². The number of aliphatic hydroxyl groups excluding tert-OH is 4. The third kappa shape index (κ3) is 9.17. The fourth-order valence-corrected chi connectivity index (χ4v) is 3.52. The van der Waals surface area contributed by atoms with Gasteiger partial charge >= 0.3 is 0 Å². The van der Waals surface area contributed by atoms with Crippen molar-refractivity contribution in [1.82, 2.24) is 4.90 Å². The van der Waals surface area contributed by atoms with Crippen LogP contribution in [-0.2, 0) is 9.47 Å². The van der Waals surface area contributed by atoms with Crippen molar-refractivity contribution in [2.75, 3.05) is 59.3 Å². The van der Waals surface area contributed by atoms with Crippen LogP contribution in [0.2, 0.25) is 0 Å². The molecule has 34 heavy (non-hydrogen) atoms. The number of aliphatic hydroxyl groups is 4. The molecule has 0 bridgehead atoms. The second-order valence-electron chi connectivity index (χ2n) is 8.24. The highest BCUT2D eigenvalue weighted by atomic mass is 16.6. The van der Waals surface area contributed by atoms with Gasteiger partial charge in [-0.3, -0.25) is 9.69 Å². The highest BCUT2D eigenvalue weighted by molar-refractivity contribution is 6.01. The molecule has 9 nitrogen and oxygen atoms in total. The first-order valence-corrected chi connectivity index (χ1v) is 11.6. The Kier molecular flexibility index (Phi) is 12.2. The Balaban J connectivity index is 1.72. The summed E-state index contributed by atoms with van der Waals surface area (Å²) in [7, 11) is 0. The number of carbonyl (C=O) groups excluding carboxylic acids is 1. The molecule has 9 heteroatoms. The second kappa shape index (κ2) is 14.9. The molecule has 0 aliphatic heterocycles. The lowest BCUT2D eigenvalue weighted by Crippen LogP contribution is -2.33. The van der Waals surface area contributed by atoms with Crippen molar-refractivity contribution >= 4 is 5.78 Å². The topological polar surface area (TPSA) is 129 Å². The van der Waals surface area contributed by atoms with E-state index in [0.29, 0.717) is 49.5 Å². The number of nitrogens with zero attached hydrogens (tertiary/aromatic N) is 1. The molecule has 1 aliphatic carbocycles. The molecule has 2 atom stereocenters. The molecule has 1 aliphatic rings. The van der Waals surface area contributed by atoms with Gasteiger partial charge < -0.3 is 34.6 Å². The number of hydrogen-bond acceptors (Lipinski definition) is 9. The molecule has 0 amide bonds. The minimum atomic E-state index is -0.958. The molecule has 2 unspecified atom stereocenters. The highest BCUT2D eigenvalue weighted by Gasteiger charge is 2.32.